The number of alkyl halides is 2. The first-order chi connectivity index (χ1) is 12.9. The Kier molecular flexibility index (Phi) is 4.14. The first-order valence-electron chi connectivity index (χ1n) is 8.06. The third-order valence-electron chi connectivity index (χ3n) is 4.17. The Hall–Kier alpha value is -3.23. The monoisotopic (exact) mass is 375 g/mol. The van der Waals surface area contributed by atoms with Crippen LogP contribution in [0.5, 0.6) is 0 Å². The molecule has 4 rings (SSSR count). The lowest BCUT2D eigenvalue weighted by Gasteiger charge is -2.05. The van der Waals surface area contributed by atoms with E-state index in [4.69, 9.17) is 0 Å². The Morgan fingerprint density at radius 1 is 1.07 bits per heavy atom. The van der Waals surface area contributed by atoms with E-state index in [1.807, 2.05) is 0 Å². The largest absolute Gasteiger partial charge is 0.306 e. The zero-order chi connectivity index (χ0) is 19.1. The molecule has 0 aliphatic carbocycles. The van der Waals surface area contributed by atoms with E-state index in [0.717, 1.165) is 12.1 Å². The standard InChI is InChI=1S/C18H13F4N5/c1-10-18(24-25-27(10)15-4-3-12(19)6-14(15)20)11-2-5-17-23-13(7-16(21)22)9-26(17)8-11/h2-6,8-9,16H,7H2,1H3. The van der Waals surface area contributed by atoms with Crippen LogP contribution in [-0.2, 0) is 6.42 Å². The van der Waals surface area contributed by atoms with Gasteiger partial charge in [0.25, 0.3) is 0 Å². The Balaban J connectivity index is 1.74. The van der Waals surface area contributed by atoms with Crippen molar-refractivity contribution in [1.82, 2.24) is 24.4 Å². The van der Waals surface area contributed by atoms with Gasteiger partial charge in [0, 0.05) is 24.0 Å². The Bertz CT molecular complexity index is 1130. The minimum Gasteiger partial charge on any atom is -0.306 e. The highest BCUT2D eigenvalue weighted by atomic mass is 19.3. The smallest absolute Gasteiger partial charge is 0.244 e. The molecule has 4 aromatic rings. The molecule has 0 aliphatic heterocycles. The van der Waals surface area contributed by atoms with Gasteiger partial charge in [-0.2, -0.15) is 0 Å². The predicted octanol–water partition coefficient (Wildman–Crippen LogP) is 3.98. The maximum Gasteiger partial charge on any atom is 0.244 e. The minimum absolute atomic E-state index is 0.0792. The van der Waals surface area contributed by atoms with E-state index in [1.165, 1.54) is 16.9 Å². The molecule has 0 saturated heterocycles. The number of rotatable bonds is 4. The van der Waals surface area contributed by atoms with Crippen molar-refractivity contribution in [1.29, 1.82) is 0 Å². The van der Waals surface area contributed by atoms with Gasteiger partial charge in [-0.05, 0) is 31.2 Å². The molecule has 0 N–H and O–H groups in total. The fraction of sp³-hybridized carbons (Fsp3) is 0.167. The minimum atomic E-state index is -2.47. The van der Waals surface area contributed by atoms with Crippen LogP contribution in [0, 0.1) is 18.6 Å². The van der Waals surface area contributed by atoms with Gasteiger partial charge in [0.2, 0.25) is 6.43 Å². The molecule has 0 radical (unpaired) electrons. The maximum absolute atomic E-state index is 14.0. The zero-order valence-electron chi connectivity index (χ0n) is 14.1. The van der Waals surface area contributed by atoms with Crippen molar-refractivity contribution in [2.75, 3.05) is 0 Å². The second-order valence-corrected chi connectivity index (χ2v) is 6.04. The molecule has 0 amide bonds. The first kappa shape index (κ1) is 17.2. The van der Waals surface area contributed by atoms with Crippen LogP contribution in [0.1, 0.15) is 11.4 Å². The van der Waals surface area contributed by atoms with Crippen molar-refractivity contribution in [3.63, 3.8) is 0 Å². The van der Waals surface area contributed by atoms with Gasteiger partial charge >= 0.3 is 0 Å². The van der Waals surface area contributed by atoms with Crippen LogP contribution in [0.15, 0.2) is 42.7 Å². The molecule has 138 valence electrons. The van der Waals surface area contributed by atoms with Crippen LogP contribution >= 0.6 is 0 Å². The molecule has 3 heterocycles. The van der Waals surface area contributed by atoms with Crippen LogP contribution in [0.2, 0.25) is 0 Å². The van der Waals surface area contributed by atoms with Gasteiger partial charge < -0.3 is 4.40 Å². The van der Waals surface area contributed by atoms with Crippen LogP contribution in [0.4, 0.5) is 17.6 Å². The zero-order valence-corrected chi connectivity index (χ0v) is 14.1. The number of hydrogen-bond acceptors (Lipinski definition) is 3. The molecule has 5 nitrogen and oxygen atoms in total. The van der Waals surface area contributed by atoms with E-state index in [0.29, 0.717) is 22.6 Å². The molecule has 0 unspecified atom stereocenters. The molecule has 0 bridgehead atoms. The summed E-state index contributed by atoms with van der Waals surface area (Å²) in [6, 6.07) is 6.61. The SMILES string of the molecule is Cc1c(-c2ccc3nc(CC(F)F)cn3c2)nnn1-c1ccc(F)cc1F. The quantitative estimate of drug-likeness (QED) is 0.507. The van der Waals surface area contributed by atoms with Crippen LogP contribution in [0.25, 0.3) is 22.6 Å². The average Bonchev–Trinajstić information content (AvgIpc) is 3.16. The molecule has 0 spiro atoms. The number of halogens is 4. The molecule has 27 heavy (non-hydrogen) atoms. The summed E-state index contributed by atoms with van der Waals surface area (Å²) in [5, 5.41) is 8.04. The van der Waals surface area contributed by atoms with Crippen molar-refractivity contribution in [3.8, 4) is 16.9 Å². The molecule has 0 atom stereocenters. The fourth-order valence-corrected chi connectivity index (χ4v) is 2.92. The van der Waals surface area contributed by atoms with Gasteiger partial charge in [-0.25, -0.2) is 27.2 Å². The van der Waals surface area contributed by atoms with Gasteiger partial charge in [0.15, 0.2) is 5.82 Å². The summed E-state index contributed by atoms with van der Waals surface area (Å²) in [4.78, 5) is 4.14. The van der Waals surface area contributed by atoms with Gasteiger partial charge in [-0.1, -0.05) is 5.21 Å². The summed E-state index contributed by atoms with van der Waals surface area (Å²) in [5.74, 6) is -1.43. The van der Waals surface area contributed by atoms with Crippen molar-refractivity contribution in [2.45, 2.75) is 19.8 Å². The molecule has 1 aromatic carbocycles. The van der Waals surface area contributed by atoms with Gasteiger partial charge in [-0.3, -0.25) is 0 Å². The van der Waals surface area contributed by atoms with Gasteiger partial charge in [0.1, 0.15) is 22.8 Å². The second kappa shape index (κ2) is 6.49. The first-order valence-corrected chi connectivity index (χ1v) is 8.06. The molecule has 0 fully saturated rings. The average molecular weight is 375 g/mol. The lowest BCUT2D eigenvalue weighted by molar-refractivity contribution is 0.148. The summed E-state index contributed by atoms with van der Waals surface area (Å²) in [6.07, 6.45) is 0.335. The topological polar surface area (TPSA) is 48.0 Å². The van der Waals surface area contributed by atoms with Crippen molar-refractivity contribution >= 4 is 5.65 Å². The van der Waals surface area contributed by atoms with Gasteiger partial charge in [0.05, 0.1) is 17.8 Å². The lowest BCUT2D eigenvalue weighted by Crippen LogP contribution is -2.02. The third kappa shape index (κ3) is 3.16. The number of pyridine rings is 1. The molecule has 9 heteroatoms. The molecular formula is C18H13F4N5. The van der Waals surface area contributed by atoms with Crippen LogP contribution < -0.4 is 0 Å². The highest BCUT2D eigenvalue weighted by Crippen LogP contribution is 2.25. The van der Waals surface area contributed by atoms with E-state index in [2.05, 4.69) is 15.3 Å². The van der Waals surface area contributed by atoms with Crippen LogP contribution in [0.3, 0.4) is 0 Å². The summed E-state index contributed by atoms with van der Waals surface area (Å²) < 4.78 is 55.2. The second-order valence-electron chi connectivity index (χ2n) is 6.04. The van der Waals surface area contributed by atoms with Crippen molar-refractivity contribution in [2.24, 2.45) is 0 Å². The fourth-order valence-electron chi connectivity index (χ4n) is 2.92. The molecule has 0 saturated carbocycles. The molecular weight excluding hydrogens is 362 g/mol. The van der Waals surface area contributed by atoms with Crippen molar-refractivity contribution in [3.05, 3.63) is 65.7 Å². The van der Waals surface area contributed by atoms with E-state index < -0.39 is 24.5 Å². The summed E-state index contributed by atoms with van der Waals surface area (Å²) in [7, 11) is 0. The normalized spacial score (nSPS) is 11.6. The summed E-state index contributed by atoms with van der Waals surface area (Å²) in [6.45, 7) is 1.71. The van der Waals surface area contributed by atoms with E-state index in [1.54, 1.807) is 29.7 Å². The number of hydrogen-bond donors (Lipinski definition) is 0. The predicted molar refractivity (Wildman–Crippen MR) is 89.9 cm³/mol. The van der Waals surface area contributed by atoms with E-state index >= 15 is 0 Å². The number of fused-ring (bicyclic) bond motifs is 1. The molecule has 0 aliphatic rings. The number of nitrogens with zero attached hydrogens (tertiary/aromatic N) is 5. The number of aromatic nitrogens is 5. The Morgan fingerprint density at radius 2 is 1.89 bits per heavy atom. The summed E-state index contributed by atoms with van der Waals surface area (Å²) in [5.41, 5.74) is 2.60. The maximum atomic E-state index is 14.0. The highest BCUT2D eigenvalue weighted by molar-refractivity contribution is 5.63. The molecule has 3 aromatic heterocycles. The number of benzene rings is 1. The van der Waals surface area contributed by atoms with Crippen LogP contribution in [-0.4, -0.2) is 30.8 Å². The van der Waals surface area contributed by atoms with Crippen molar-refractivity contribution < 1.29 is 17.6 Å². The van der Waals surface area contributed by atoms with E-state index in [9.17, 15) is 17.6 Å². The Morgan fingerprint density at radius 3 is 2.63 bits per heavy atom. The number of imidazole rings is 1. The highest BCUT2D eigenvalue weighted by Gasteiger charge is 2.16. The third-order valence-corrected chi connectivity index (χ3v) is 4.17. The van der Waals surface area contributed by atoms with E-state index in [-0.39, 0.29) is 11.4 Å². The van der Waals surface area contributed by atoms with Gasteiger partial charge in [-0.15, -0.1) is 5.10 Å². The Labute approximate surface area is 150 Å². The lowest BCUT2D eigenvalue weighted by atomic mass is 10.1. The summed E-state index contributed by atoms with van der Waals surface area (Å²) >= 11 is 0.